The van der Waals surface area contributed by atoms with E-state index in [0.717, 1.165) is 22.4 Å². The standard InChI is InChI=1S/C29H38N2O/c1-28(2,3)24-18-21(19-25(27(24)32)29(4,5)6)26(30-22-12-10-9-11-13-22)20-14-16-23(17-15-20)31(7)8/h9-19,26,30,32H,1-8H3. The van der Waals surface area contributed by atoms with Gasteiger partial charge in [-0.15, -0.1) is 0 Å². The van der Waals surface area contributed by atoms with Crippen molar-refractivity contribution in [1.29, 1.82) is 0 Å². The van der Waals surface area contributed by atoms with Crippen LogP contribution in [-0.2, 0) is 10.8 Å². The number of rotatable bonds is 5. The topological polar surface area (TPSA) is 35.5 Å². The molecule has 0 fully saturated rings. The minimum atomic E-state index is -0.174. The molecule has 0 aromatic heterocycles. The maximum absolute atomic E-state index is 11.2. The smallest absolute Gasteiger partial charge is 0.123 e. The van der Waals surface area contributed by atoms with E-state index in [1.807, 2.05) is 18.2 Å². The maximum Gasteiger partial charge on any atom is 0.123 e. The summed E-state index contributed by atoms with van der Waals surface area (Å²) in [4.78, 5) is 2.11. The second kappa shape index (κ2) is 8.90. The summed E-state index contributed by atoms with van der Waals surface area (Å²) in [7, 11) is 4.11. The first kappa shape index (κ1) is 23.7. The van der Waals surface area contributed by atoms with Gasteiger partial charge in [0.05, 0.1) is 6.04 Å². The lowest BCUT2D eigenvalue weighted by Crippen LogP contribution is -2.20. The summed E-state index contributed by atoms with van der Waals surface area (Å²) in [5.41, 5.74) is 6.18. The number of nitrogens with zero attached hydrogens (tertiary/aromatic N) is 1. The van der Waals surface area contributed by atoms with Crippen molar-refractivity contribution in [3.05, 3.63) is 89.0 Å². The molecule has 170 valence electrons. The Kier molecular flexibility index (Phi) is 6.59. The summed E-state index contributed by atoms with van der Waals surface area (Å²) in [5, 5.41) is 14.9. The summed E-state index contributed by atoms with van der Waals surface area (Å²) in [6.45, 7) is 12.9. The first-order valence-corrected chi connectivity index (χ1v) is 11.3. The Morgan fingerprint density at radius 3 is 1.66 bits per heavy atom. The molecule has 3 heteroatoms. The molecule has 0 radical (unpaired) electrons. The number of phenols is 1. The summed E-state index contributed by atoms with van der Waals surface area (Å²) in [5.74, 6) is 0.412. The second-order valence-corrected chi connectivity index (χ2v) is 10.9. The van der Waals surface area contributed by atoms with E-state index in [4.69, 9.17) is 0 Å². The van der Waals surface area contributed by atoms with E-state index >= 15 is 0 Å². The largest absolute Gasteiger partial charge is 0.507 e. The highest BCUT2D eigenvalue weighted by molar-refractivity contribution is 5.56. The number of anilines is 2. The molecule has 0 heterocycles. The average molecular weight is 431 g/mol. The van der Waals surface area contributed by atoms with Crippen molar-refractivity contribution >= 4 is 11.4 Å². The summed E-state index contributed by atoms with van der Waals surface area (Å²) >= 11 is 0. The zero-order valence-electron chi connectivity index (χ0n) is 20.8. The van der Waals surface area contributed by atoms with Crippen LogP contribution in [0.1, 0.15) is 69.8 Å². The van der Waals surface area contributed by atoms with Crippen LogP contribution in [0.2, 0.25) is 0 Å². The average Bonchev–Trinajstić information content (AvgIpc) is 2.71. The van der Waals surface area contributed by atoms with Crippen LogP contribution in [-0.4, -0.2) is 19.2 Å². The predicted octanol–water partition coefficient (Wildman–Crippen LogP) is 7.25. The summed E-state index contributed by atoms with van der Waals surface area (Å²) < 4.78 is 0. The lowest BCUT2D eigenvalue weighted by molar-refractivity contribution is 0.422. The summed E-state index contributed by atoms with van der Waals surface area (Å²) in [6, 6.07) is 23.3. The van der Waals surface area contributed by atoms with Crippen molar-refractivity contribution in [2.24, 2.45) is 0 Å². The Balaban J connectivity index is 2.21. The van der Waals surface area contributed by atoms with Crippen molar-refractivity contribution in [3.8, 4) is 5.75 Å². The zero-order chi connectivity index (χ0) is 23.7. The molecule has 0 saturated carbocycles. The molecule has 0 aliphatic heterocycles. The number of nitrogens with one attached hydrogen (secondary N) is 1. The van der Waals surface area contributed by atoms with Crippen LogP contribution in [0.5, 0.6) is 5.75 Å². The predicted molar refractivity (Wildman–Crippen MR) is 138 cm³/mol. The van der Waals surface area contributed by atoms with Crippen molar-refractivity contribution in [2.75, 3.05) is 24.3 Å². The molecular formula is C29H38N2O. The fourth-order valence-corrected chi connectivity index (χ4v) is 3.99. The van der Waals surface area contributed by atoms with Crippen molar-refractivity contribution < 1.29 is 5.11 Å². The zero-order valence-corrected chi connectivity index (χ0v) is 20.8. The van der Waals surface area contributed by atoms with E-state index < -0.39 is 0 Å². The lowest BCUT2D eigenvalue weighted by atomic mass is 9.77. The highest BCUT2D eigenvalue weighted by Gasteiger charge is 2.28. The van der Waals surface area contributed by atoms with Gasteiger partial charge in [0.2, 0.25) is 0 Å². The quantitative estimate of drug-likeness (QED) is 0.447. The van der Waals surface area contributed by atoms with Gasteiger partial charge in [-0.25, -0.2) is 0 Å². The van der Waals surface area contributed by atoms with Gasteiger partial charge in [0.25, 0.3) is 0 Å². The highest BCUT2D eigenvalue weighted by atomic mass is 16.3. The Hall–Kier alpha value is -2.94. The fraction of sp³-hybridized carbons (Fsp3) is 0.379. The van der Waals surface area contributed by atoms with E-state index in [-0.39, 0.29) is 16.9 Å². The van der Waals surface area contributed by atoms with Gasteiger partial charge in [-0.1, -0.05) is 71.9 Å². The number of phenolic OH excluding ortho intramolecular Hbond substituents is 1. The lowest BCUT2D eigenvalue weighted by Gasteiger charge is -2.31. The number of benzene rings is 3. The second-order valence-electron chi connectivity index (χ2n) is 10.9. The Morgan fingerprint density at radius 1 is 0.719 bits per heavy atom. The van der Waals surface area contributed by atoms with Crippen LogP contribution in [0.4, 0.5) is 11.4 Å². The molecule has 0 spiro atoms. The Bertz CT molecular complexity index is 1000. The minimum absolute atomic E-state index is 0.0450. The molecule has 0 amide bonds. The molecule has 0 aliphatic carbocycles. The molecule has 0 saturated heterocycles. The molecule has 3 nitrogen and oxygen atoms in total. The third kappa shape index (κ3) is 5.27. The molecule has 32 heavy (non-hydrogen) atoms. The van der Waals surface area contributed by atoms with Crippen LogP contribution in [0.15, 0.2) is 66.7 Å². The van der Waals surface area contributed by atoms with Gasteiger partial charge in [-0.05, 0) is 69.5 Å². The number of hydrogen-bond acceptors (Lipinski definition) is 3. The van der Waals surface area contributed by atoms with Crippen molar-refractivity contribution in [2.45, 2.75) is 58.4 Å². The van der Waals surface area contributed by atoms with Crippen LogP contribution in [0.25, 0.3) is 0 Å². The van der Waals surface area contributed by atoms with E-state index in [2.05, 4.69) is 114 Å². The van der Waals surface area contributed by atoms with E-state index in [9.17, 15) is 5.11 Å². The Morgan fingerprint density at radius 2 is 1.22 bits per heavy atom. The molecule has 2 N–H and O–H groups in total. The highest BCUT2D eigenvalue weighted by Crippen LogP contribution is 2.42. The van der Waals surface area contributed by atoms with Crippen LogP contribution in [0, 0.1) is 0 Å². The SMILES string of the molecule is CN(C)c1ccc(C(Nc2ccccc2)c2cc(C(C)(C)C)c(O)c(C(C)(C)C)c2)cc1. The molecule has 1 unspecified atom stereocenters. The first-order valence-electron chi connectivity index (χ1n) is 11.3. The van der Waals surface area contributed by atoms with Crippen molar-refractivity contribution in [3.63, 3.8) is 0 Å². The van der Waals surface area contributed by atoms with Gasteiger partial charge in [-0.3, -0.25) is 0 Å². The van der Waals surface area contributed by atoms with E-state index in [0.29, 0.717) is 5.75 Å². The molecule has 3 aromatic rings. The normalized spacial score (nSPS) is 13.0. The monoisotopic (exact) mass is 430 g/mol. The van der Waals surface area contributed by atoms with E-state index in [1.54, 1.807) is 0 Å². The molecule has 1 atom stereocenters. The van der Waals surface area contributed by atoms with Crippen molar-refractivity contribution in [1.82, 2.24) is 0 Å². The van der Waals surface area contributed by atoms with Gasteiger partial charge in [-0.2, -0.15) is 0 Å². The molecule has 0 bridgehead atoms. The molecule has 0 aliphatic rings. The third-order valence-corrected chi connectivity index (χ3v) is 5.91. The van der Waals surface area contributed by atoms with Gasteiger partial charge in [0.1, 0.15) is 5.75 Å². The first-order chi connectivity index (χ1) is 14.9. The maximum atomic E-state index is 11.2. The summed E-state index contributed by atoms with van der Waals surface area (Å²) in [6.07, 6.45) is 0. The number of hydrogen-bond donors (Lipinski definition) is 2. The molecular weight excluding hydrogens is 392 g/mol. The van der Waals surface area contributed by atoms with Gasteiger partial charge in [0.15, 0.2) is 0 Å². The van der Waals surface area contributed by atoms with Gasteiger partial charge < -0.3 is 15.3 Å². The van der Waals surface area contributed by atoms with Gasteiger partial charge >= 0.3 is 0 Å². The molecule has 3 rings (SSSR count). The van der Waals surface area contributed by atoms with Crippen LogP contribution >= 0.6 is 0 Å². The van der Waals surface area contributed by atoms with Crippen LogP contribution in [0.3, 0.4) is 0 Å². The minimum Gasteiger partial charge on any atom is -0.507 e. The van der Waals surface area contributed by atoms with E-state index in [1.165, 1.54) is 11.3 Å². The van der Waals surface area contributed by atoms with Crippen LogP contribution < -0.4 is 10.2 Å². The Labute approximate surface area is 194 Å². The number of aromatic hydroxyl groups is 1. The van der Waals surface area contributed by atoms with Gasteiger partial charge in [0, 0.05) is 25.5 Å². The fourth-order valence-electron chi connectivity index (χ4n) is 3.99. The molecule has 3 aromatic carbocycles. The third-order valence-electron chi connectivity index (χ3n) is 5.91. The number of para-hydroxylation sites is 1.